The Hall–Kier alpha value is -1.06. The predicted molar refractivity (Wildman–Crippen MR) is 52.1 cm³/mol. The lowest BCUT2D eigenvalue weighted by Gasteiger charge is -2.03. The van der Waals surface area contributed by atoms with Crippen LogP contribution in [0, 0.1) is 0 Å². The molecule has 0 amide bonds. The zero-order valence-corrected chi connectivity index (χ0v) is 8.88. The van der Waals surface area contributed by atoms with E-state index in [-0.39, 0.29) is 12.4 Å². The zero-order chi connectivity index (χ0) is 10.8. The van der Waals surface area contributed by atoms with Gasteiger partial charge < -0.3 is 9.47 Å². The highest BCUT2D eigenvalue weighted by atomic mass is 16.7. The molecule has 0 bridgehead atoms. The van der Waals surface area contributed by atoms with Gasteiger partial charge in [-0.1, -0.05) is 6.92 Å². The minimum Gasteiger partial charge on any atom is -0.435 e. The molecule has 14 heavy (non-hydrogen) atoms. The second-order valence-corrected chi connectivity index (χ2v) is 2.92. The number of carbonyl (C=O) groups is 2. The maximum Gasteiger partial charge on any atom is 0.508 e. The molecular formula is C10H18O4. The standard InChI is InChI=1S/C10H18O4/c1-3-6-9(11)7-5-8-14-10(12)13-4-2/h3-8H2,1-2H3. The summed E-state index contributed by atoms with van der Waals surface area (Å²) in [7, 11) is 0. The van der Waals surface area contributed by atoms with Gasteiger partial charge in [-0.15, -0.1) is 0 Å². The molecule has 0 spiro atoms. The van der Waals surface area contributed by atoms with Crippen LogP contribution < -0.4 is 0 Å². The lowest BCUT2D eigenvalue weighted by atomic mass is 10.1. The summed E-state index contributed by atoms with van der Waals surface area (Å²) in [6, 6.07) is 0. The van der Waals surface area contributed by atoms with Crippen molar-refractivity contribution in [2.45, 2.75) is 39.5 Å². The van der Waals surface area contributed by atoms with Crippen LogP contribution in [0.25, 0.3) is 0 Å². The van der Waals surface area contributed by atoms with Gasteiger partial charge in [0.2, 0.25) is 0 Å². The third-order valence-electron chi connectivity index (χ3n) is 1.61. The van der Waals surface area contributed by atoms with Crippen LogP contribution in [0.5, 0.6) is 0 Å². The highest BCUT2D eigenvalue weighted by molar-refractivity contribution is 5.78. The molecule has 0 aromatic heterocycles. The Morgan fingerprint density at radius 3 is 2.36 bits per heavy atom. The molecule has 4 heteroatoms. The lowest BCUT2D eigenvalue weighted by Crippen LogP contribution is -2.09. The molecule has 0 saturated heterocycles. The molecule has 0 aromatic rings. The van der Waals surface area contributed by atoms with Gasteiger partial charge in [-0.05, 0) is 19.8 Å². The van der Waals surface area contributed by atoms with Crippen LogP contribution in [0.2, 0.25) is 0 Å². The van der Waals surface area contributed by atoms with Crippen molar-refractivity contribution in [1.82, 2.24) is 0 Å². The topological polar surface area (TPSA) is 52.6 Å². The van der Waals surface area contributed by atoms with Gasteiger partial charge in [-0.25, -0.2) is 4.79 Å². The number of ketones is 1. The number of hydrogen-bond donors (Lipinski definition) is 0. The maximum atomic E-state index is 11.0. The first kappa shape index (κ1) is 12.9. The second-order valence-electron chi connectivity index (χ2n) is 2.92. The minimum absolute atomic E-state index is 0.222. The lowest BCUT2D eigenvalue weighted by molar-refractivity contribution is -0.119. The summed E-state index contributed by atoms with van der Waals surface area (Å²) in [4.78, 5) is 21.7. The Morgan fingerprint density at radius 2 is 1.79 bits per heavy atom. The quantitative estimate of drug-likeness (QED) is 0.469. The number of Topliss-reactive ketones (excluding diaryl/α,β-unsaturated/α-hetero) is 1. The highest BCUT2D eigenvalue weighted by Gasteiger charge is 2.03. The monoisotopic (exact) mass is 202 g/mol. The van der Waals surface area contributed by atoms with Crippen molar-refractivity contribution in [3.8, 4) is 0 Å². The Kier molecular flexibility index (Phi) is 7.89. The van der Waals surface area contributed by atoms with Crippen LogP contribution in [-0.4, -0.2) is 25.2 Å². The SMILES string of the molecule is CCCC(=O)CCCOC(=O)OCC. The van der Waals surface area contributed by atoms with E-state index in [1.54, 1.807) is 6.92 Å². The average Bonchev–Trinajstić information content (AvgIpc) is 2.13. The summed E-state index contributed by atoms with van der Waals surface area (Å²) in [5, 5.41) is 0. The summed E-state index contributed by atoms with van der Waals surface area (Å²) in [6.45, 7) is 4.25. The van der Waals surface area contributed by atoms with Crippen molar-refractivity contribution in [2.75, 3.05) is 13.2 Å². The molecule has 0 saturated carbocycles. The van der Waals surface area contributed by atoms with Crippen molar-refractivity contribution in [1.29, 1.82) is 0 Å². The van der Waals surface area contributed by atoms with Crippen molar-refractivity contribution in [2.24, 2.45) is 0 Å². The molecular weight excluding hydrogens is 184 g/mol. The third-order valence-corrected chi connectivity index (χ3v) is 1.61. The Balaban J connectivity index is 3.28. The van der Waals surface area contributed by atoms with Crippen LogP contribution in [0.4, 0.5) is 4.79 Å². The van der Waals surface area contributed by atoms with E-state index in [2.05, 4.69) is 4.74 Å². The Morgan fingerprint density at radius 1 is 1.07 bits per heavy atom. The van der Waals surface area contributed by atoms with Gasteiger partial charge in [0.1, 0.15) is 5.78 Å². The molecule has 0 unspecified atom stereocenters. The molecule has 0 radical (unpaired) electrons. The largest absolute Gasteiger partial charge is 0.508 e. The van der Waals surface area contributed by atoms with Crippen LogP contribution in [0.1, 0.15) is 39.5 Å². The molecule has 82 valence electrons. The Bertz CT molecular complexity index is 157. The second kappa shape index (κ2) is 8.53. The molecule has 0 aliphatic heterocycles. The fourth-order valence-corrected chi connectivity index (χ4v) is 0.988. The molecule has 0 fully saturated rings. The summed E-state index contributed by atoms with van der Waals surface area (Å²) < 4.78 is 9.25. The molecule has 0 N–H and O–H groups in total. The smallest absolute Gasteiger partial charge is 0.435 e. The van der Waals surface area contributed by atoms with Gasteiger partial charge in [0, 0.05) is 12.8 Å². The average molecular weight is 202 g/mol. The molecule has 4 nitrogen and oxygen atoms in total. The third kappa shape index (κ3) is 7.58. The summed E-state index contributed by atoms with van der Waals surface area (Å²) in [6.07, 6.45) is 1.89. The molecule has 0 atom stereocenters. The predicted octanol–water partition coefficient (Wildman–Crippen LogP) is 2.31. The van der Waals surface area contributed by atoms with Gasteiger partial charge in [0.05, 0.1) is 13.2 Å². The van der Waals surface area contributed by atoms with E-state index >= 15 is 0 Å². The van der Waals surface area contributed by atoms with Crippen LogP contribution >= 0.6 is 0 Å². The van der Waals surface area contributed by atoms with E-state index in [1.165, 1.54) is 0 Å². The van der Waals surface area contributed by atoms with E-state index in [0.717, 1.165) is 6.42 Å². The van der Waals surface area contributed by atoms with Crippen molar-refractivity contribution >= 4 is 11.9 Å². The summed E-state index contributed by atoms with van der Waals surface area (Å²) >= 11 is 0. The maximum absolute atomic E-state index is 11.0. The molecule has 0 aliphatic rings. The van der Waals surface area contributed by atoms with Crippen LogP contribution in [-0.2, 0) is 14.3 Å². The van der Waals surface area contributed by atoms with Crippen LogP contribution in [0.3, 0.4) is 0 Å². The van der Waals surface area contributed by atoms with E-state index in [1.807, 2.05) is 6.92 Å². The first-order valence-electron chi connectivity index (χ1n) is 5.02. The number of ether oxygens (including phenoxy) is 2. The summed E-state index contributed by atoms with van der Waals surface area (Å²) in [5.74, 6) is 0.222. The Labute approximate surface area is 84.6 Å². The molecule has 0 rings (SSSR count). The first-order valence-corrected chi connectivity index (χ1v) is 5.02. The van der Waals surface area contributed by atoms with Crippen molar-refractivity contribution in [3.05, 3.63) is 0 Å². The highest BCUT2D eigenvalue weighted by Crippen LogP contribution is 1.99. The number of rotatable bonds is 7. The van der Waals surface area contributed by atoms with Crippen molar-refractivity contribution < 1.29 is 19.1 Å². The van der Waals surface area contributed by atoms with Gasteiger partial charge >= 0.3 is 6.16 Å². The fourth-order valence-electron chi connectivity index (χ4n) is 0.988. The molecule has 0 heterocycles. The van der Waals surface area contributed by atoms with E-state index in [9.17, 15) is 9.59 Å². The van der Waals surface area contributed by atoms with E-state index in [4.69, 9.17) is 4.74 Å². The molecule has 0 aromatic carbocycles. The number of carbonyl (C=O) groups excluding carboxylic acids is 2. The van der Waals surface area contributed by atoms with E-state index in [0.29, 0.717) is 25.9 Å². The minimum atomic E-state index is -0.657. The summed E-state index contributed by atoms with van der Waals surface area (Å²) in [5.41, 5.74) is 0. The zero-order valence-electron chi connectivity index (χ0n) is 8.88. The fraction of sp³-hybridized carbons (Fsp3) is 0.800. The van der Waals surface area contributed by atoms with Gasteiger partial charge in [-0.2, -0.15) is 0 Å². The first-order chi connectivity index (χ1) is 6.70. The van der Waals surface area contributed by atoms with E-state index < -0.39 is 6.16 Å². The molecule has 0 aliphatic carbocycles. The van der Waals surface area contributed by atoms with Gasteiger partial charge in [0.15, 0.2) is 0 Å². The number of hydrogen-bond acceptors (Lipinski definition) is 4. The normalized spacial score (nSPS) is 9.57. The van der Waals surface area contributed by atoms with Gasteiger partial charge in [0.25, 0.3) is 0 Å². The van der Waals surface area contributed by atoms with Gasteiger partial charge in [-0.3, -0.25) is 4.79 Å². The van der Waals surface area contributed by atoms with Crippen molar-refractivity contribution in [3.63, 3.8) is 0 Å². The van der Waals surface area contributed by atoms with Crippen LogP contribution in [0.15, 0.2) is 0 Å².